The summed E-state index contributed by atoms with van der Waals surface area (Å²) >= 11 is 0. The first-order chi connectivity index (χ1) is 17.7. The minimum Gasteiger partial charge on any atom is -0.481 e. The van der Waals surface area contributed by atoms with E-state index in [1.165, 1.54) is 12.1 Å². The molecule has 0 radical (unpaired) electrons. The molecule has 1 unspecified atom stereocenters. The number of carboxylic acid groups (broad SMARTS) is 1. The highest BCUT2D eigenvalue weighted by atomic mass is 19.1. The van der Waals surface area contributed by atoms with E-state index in [1.54, 1.807) is 18.3 Å². The minimum atomic E-state index is -0.863. The number of halogens is 2. The zero-order valence-corrected chi connectivity index (χ0v) is 21.4. The number of nitriles is 1. The molecule has 0 bridgehead atoms. The lowest BCUT2D eigenvalue weighted by Crippen LogP contribution is -2.23. The third kappa shape index (κ3) is 5.08. The first kappa shape index (κ1) is 26.3. The van der Waals surface area contributed by atoms with Crippen molar-refractivity contribution in [2.45, 2.75) is 77.0 Å². The highest BCUT2D eigenvalue weighted by Gasteiger charge is 2.35. The molecule has 0 aliphatic rings. The molecule has 0 spiro atoms. The molecule has 0 fully saturated rings. The van der Waals surface area contributed by atoms with E-state index in [1.807, 2.05) is 24.5 Å². The summed E-state index contributed by atoms with van der Waals surface area (Å²) in [5, 5.41) is 26.9. The third-order valence-electron chi connectivity index (χ3n) is 7.15. The Balaban J connectivity index is 2.12. The number of benzene rings is 2. The summed E-state index contributed by atoms with van der Waals surface area (Å²) in [6.45, 7) is 6.02. The summed E-state index contributed by atoms with van der Waals surface area (Å²) in [5.41, 5.74) is 2.51. The Bertz CT molecular complexity index is 1460. The van der Waals surface area contributed by atoms with E-state index in [4.69, 9.17) is 0 Å². The van der Waals surface area contributed by atoms with Gasteiger partial charge in [0.2, 0.25) is 0 Å². The molecule has 4 rings (SSSR count). The second kappa shape index (κ2) is 10.7. The minimum absolute atomic E-state index is 0.0312. The second-order valence-electron chi connectivity index (χ2n) is 10.3. The zero-order chi connectivity index (χ0) is 26.7. The maximum Gasteiger partial charge on any atom is 0.303 e. The number of unbranched alkanes of at least 4 members (excludes halogenated alkanes) is 1. The maximum absolute atomic E-state index is 16.3. The lowest BCUT2D eigenvalue weighted by molar-refractivity contribution is -0.137. The van der Waals surface area contributed by atoms with Gasteiger partial charge in [0.05, 0.1) is 17.8 Å². The third-order valence-corrected chi connectivity index (χ3v) is 7.15. The number of hydrogen-bond acceptors (Lipinski definition) is 3. The van der Waals surface area contributed by atoms with Crippen LogP contribution in [0.25, 0.3) is 27.5 Å². The van der Waals surface area contributed by atoms with Crippen LogP contribution in [0.4, 0.5) is 8.78 Å². The van der Waals surface area contributed by atoms with Crippen LogP contribution in [0.5, 0.6) is 0 Å². The molecule has 2 N–H and O–H groups in total. The molecule has 37 heavy (non-hydrogen) atoms. The molecule has 8 heteroatoms. The molecule has 0 saturated heterocycles. The van der Waals surface area contributed by atoms with Crippen molar-refractivity contribution in [3.8, 4) is 11.8 Å². The van der Waals surface area contributed by atoms with Crippen molar-refractivity contribution in [1.82, 2.24) is 14.8 Å². The quantitative estimate of drug-likeness (QED) is 0.220. The van der Waals surface area contributed by atoms with Crippen molar-refractivity contribution in [3.05, 3.63) is 59.4 Å². The van der Waals surface area contributed by atoms with Crippen LogP contribution in [0.2, 0.25) is 0 Å². The van der Waals surface area contributed by atoms with Crippen LogP contribution < -0.4 is 0 Å². The molecular formula is C29H32F2N4O2. The van der Waals surface area contributed by atoms with Crippen molar-refractivity contribution < 1.29 is 18.7 Å². The number of carboxylic acids is 1. The molecule has 0 saturated carbocycles. The molecule has 1 atom stereocenters. The Morgan fingerprint density at radius 1 is 1.22 bits per heavy atom. The van der Waals surface area contributed by atoms with Crippen molar-refractivity contribution in [1.29, 1.82) is 5.26 Å². The van der Waals surface area contributed by atoms with Crippen molar-refractivity contribution in [2.75, 3.05) is 0 Å². The number of aromatic amines is 1. The molecule has 4 aromatic rings. The van der Waals surface area contributed by atoms with Gasteiger partial charge in [-0.3, -0.25) is 9.89 Å². The summed E-state index contributed by atoms with van der Waals surface area (Å²) in [6.07, 6.45) is 5.42. The highest BCUT2D eigenvalue weighted by Crippen LogP contribution is 2.46. The first-order valence-electron chi connectivity index (χ1n) is 12.7. The summed E-state index contributed by atoms with van der Waals surface area (Å²) in [5.74, 6) is -1.78. The lowest BCUT2D eigenvalue weighted by atomic mass is 9.78. The number of hydrogen-bond donors (Lipinski definition) is 2. The highest BCUT2D eigenvalue weighted by molar-refractivity contribution is 6.00. The summed E-state index contributed by atoms with van der Waals surface area (Å²) in [4.78, 5) is 11.3. The largest absolute Gasteiger partial charge is 0.481 e. The fourth-order valence-corrected chi connectivity index (χ4v) is 5.42. The van der Waals surface area contributed by atoms with E-state index < -0.39 is 17.2 Å². The Labute approximate surface area is 214 Å². The van der Waals surface area contributed by atoms with Gasteiger partial charge in [-0.05, 0) is 61.1 Å². The monoisotopic (exact) mass is 506 g/mol. The van der Waals surface area contributed by atoms with Gasteiger partial charge in [-0.2, -0.15) is 10.4 Å². The van der Waals surface area contributed by atoms with Gasteiger partial charge < -0.3 is 9.67 Å². The number of aliphatic carboxylic acids is 1. The van der Waals surface area contributed by atoms with Gasteiger partial charge in [0.15, 0.2) is 5.82 Å². The summed E-state index contributed by atoms with van der Waals surface area (Å²) < 4.78 is 32.2. The van der Waals surface area contributed by atoms with Gasteiger partial charge in [-0.15, -0.1) is 0 Å². The molecule has 0 aliphatic heterocycles. The molecule has 0 aliphatic carbocycles. The average Bonchev–Trinajstić information content (AvgIpc) is 3.45. The van der Waals surface area contributed by atoms with Crippen LogP contribution >= 0.6 is 0 Å². The van der Waals surface area contributed by atoms with Crippen LogP contribution in [0, 0.1) is 23.0 Å². The van der Waals surface area contributed by atoms with E-state index in [0.717, 1.165) is 30.5 Å². The van der Waals surface area contributed by atoms with Gasteiger partial charge in [0.25, 0.3) is 0 Å². The average molecular weight is 507 g/mol. The van der Waals surface area contributed by atoms with Crippen molar-refractivity contribution in [2.24, 2.45) is 0 Å². The second-order valence-corrected chi connectivity index (χ2v) is 10.3. The number of aromatic nitrogens is 3. The molecule has 2 aromatic heterocycles. The van der Waals surface area contributed by atoms with E-state index in [-0.39, 0.29) is 24.6 Å². The Morgan fingerprint density at radius 3 is 2.57 bits per heavy atom. The van der Waals surface area contributed by atoms with E-state index in [2.05, 4.69) is 23.2 Å². The van der Waals surface area contributed by atoms with E-state index >= 15 is 4.39 Å². The summed E-state index contributed by atoms with van der Waals surface area (Å²) in [6, 6.07) is 10.2. The number of H-pyrrole nitrogens is 1. The smallest absolute Gasteiger partial charge is 0.303 e. The maximum atomic E-state index is 16.3. The Hall–Kier alpha value is -3.73. The fourth-order valence-electron chi connectivity index (χ4n) is 5.42. The van der Waals surface area contributed by atoms with Crippen LogP contribution in [-0.2, 0) is 10.2 Å². The first-order valence-corrected chi connectivity index (χ1v) is 12.7. The molecule has 2 heterocycles. The van der Waals surface area contributed by atoms with Crippen LogP contribution in [0.1, 0.15) is 82.9 Å². The van der Waals surface area contributed by atoms with E-state index in [0.29, 0.717) is 40.3 Å². The topological polar surface area (TPSA) is 94.7 Å². The lowest BCUT2D eigenvalue weighted by Gasteiger charge is -2.29. The zero-order valence-electron chi connectivity index (χ0n) is 21.4. The number of rotatable bonds is 11. The van der Waals surface area contributed by atoms with Crippen LogP contribution in [-0.4, -0.2) is 25.8 Å². The number of carbonyl (C=O) groups is 1. The van der Waals surface area contributed by atoms with Crippen LogP contribution in [0.15, 0.2) is 36.5 Å². The standard InChI is InChI=1S/C29H32F2N4O2/c1-4-5-7-18(8-6-9-23(36)37)24-25-22(16-19-17-33-34-27(19)26(25)31)35(21-12-10-20(30)11-13-21)28(24)29(2,3)14-15-32/h10-13,16-18H,4-9,14H2,1-3H3,(H,33,34)(H,36,37). The van der Waals surface area contributed by atoms with Gasteiger partial charge in [-0.25, -0.2) is 8.78 Å². The normalized spacial score (nSPS) is 12.8. The van der Waals surface area contributed by atoms with Gasteiger partial charge in [0, 0.05) is 40.4 Å². The SMILES string of the molecule is CCCCC(CCCC(=O)O)c1c(C(C)(C)CC#N)n(-c2ccc(F)cc2)c2cc3cn[nH]c3c(F)c12. The molecule has 2 aromatic carbocycles. The Kier molecular flexibility index (Phi) is 7.63. The predicted octanol–water partition coefficient (Wildman–Crippen LogP) is 7.50. The molecule has 6 nitrogen and oxygen atoms in total. The van der Waals surface area contributed by atoms with Gasteiger partial charge in [-0.1, -0.05) is 33.6 Å². The predicted molar refractivity (Wildman–Crippen MR) is 140 cm³/mol. The summed E-state index contributed by atoms with van der Waals surface area (Å²) in [7, 11) is 0. The van der Waals surface area contributed by atoms with Gasteiger partial charge >= 0.3 is 5.97 Å². The molecular weight excluding hydrogens is 474 g/mol. The van der Waals surface area contributed by atoms with Crippen molar-refractivity contribution in [3.63, 3.8) is 0 Å². The number of nitrogens with one attached hydrogen (secondary N) is 1. The fraction of sp³-hybridized carbons (Fsp3) is 0.414. The van der Waals surface area contributed by atoms with Crippen molar-refractivity contribution >= 4 is 27.8 Å². The Morgan fingerprint density at radius 2 is 1.92 bits per heavy atom. The van der Waals surface area contributed by atoms with E-state index in [9.17, 15) is 19.6 Å². The van der Waals surface area contributed by atoms with Crippen LogP contribution in [0.3, 0.4) is 0 Å². The number of nitrogens with zero attached hydrogens (tertiary/aromatic N) is 3. The molecule has 0 amide bonds. The van der Waals surface area contributed by atoms with Gasteiger partial charge in [0.1, 0.15) is 11.3 Å². The molecule has 194 valence electrons. The number of fused-ring (bicyclic) bond motifs is 2.